The van der Waals surface area contributed by atoms with Gasteiger partial charge in [-0.3, -0.25) is 0 Å². The molecule has 0 atom stereocenters. The molecule has 0 unspecified atom stereocenters. The minimum Gasteiger partial charge on any atom is -0.492 e. The molecule has 7 heteroatoms. The van der Waals surface area contributed by atoms with E-state index < -0.39 is 11.8 Å². The lowest BCUT2D eigenvalue weighted by atomic mass is 10.2. The number of nitrogens with one attached hydrogen (secondary N) is 1. The highest BCUT2D eigenvalue weighted by Crippen LogP contribution is 2.17. The molecule has 2 aromatic carbocycles. The van der Waals surface area contributed by atoms with Gasteiger partial charge in [-0.05, 0) is 42.5 Å². The third-order valence-electron chi connectivity index (χ3n) is 3.20. The standard InChI is InChI=1S/C17H15ClFN3O2/c1-22(8-9-24-15-5-2-13(18)3-6-15)17(23)21-16-7-4-14(19)10-12(16)11-20/h2-7,10H,8-9H2,1H3,(H,21,23). The van der Waals surface area contributed by atoms with Crippen molar-refractivity contribution in [2.45, 2.75) is 0 Å². The Labute approximate surface area is 144 Å². The third kappa shape index (κ3) is 4.86. The summed E-state index contributed by atoms with van der Waals surface area (Å²) >= 11 is 5.79. The van der Waals surface area contributed by atoms with Crippen LogP contribution in [0.2, 0.25) is 5.02 Å². The number of carbonyl (C=O) groups is 1. The molecule has 0 aliphatic rings. The van der Waals surface area contributed by atoms with Crippen LogP contribution in [0.5, 0.6) is 5.75 Å². The van der Waals surface area contributed by atoms with Gasteiger partial charge in [0.1, 0.15) is 24.2 Å². The summed E-state index contributed by atoms with van der Waals surface area (Å²) in [6, 6.07) is 11.9. The molecule has 0 spiro atoms. The van der Waals surface area contributed by atoms with Crippen molar-refractivity contribution in [1.29, 1.82) is 5.26 Å². The van der Waals surface area contributed by atoms with Crippen LogP contribution in [0.25, 0.3) is 0 Å². The Bertz CT molecular complexity index is 759. The summed E-state index contributed by atoms with van der Waals surface area (Å²) in [5.41, 5.74) is 0.323. The van der Waals surface area contributed by atoms with Crippen molar-refractivity contribution in [3.8, 4) is 11.8 Å². The van der Waals surface area contributed by atoms with Gasteiger partial charge in [0.15, 0.2) is 0 Å². The zero-order chi connectivity index (χ0) is 17.5. The van der Waals surface area contributed by atoms with Crippen LogP contribution in [0.1, 0.15) is 5.56 Å². The van der Waals surface area contributed by atoms with Crippen LogP contribution in [0.4, 0.5) is 14.9 Å². The van der Waals surface area contributed by atoms with Crippen LogP contribution in [-0.2, 0) is 0 Å². The fourth-order valence-corrected chi connectivity index (χ4v) is 1.99. The molecule has 24 heavy (non-hydrogen) atoms. The van der Waals surface area contributed by atoms with Gasteiger partial charge in [-0.25, -0.2) is 9.18 Å². The van der Waals surface area contributed by atoms with Gasteiger partial charge in [-0.2, -0.15) is 5.26 Å². The van der Waals surface area contributed by atoms with Crippen molar-refractivity contribution in [2.75, 3.05) is 25.5 Å². The van der Waals surface area contributed by atoms with Gasteiger partial charge >= 0.3 is 6.03 Å². The molecule has 0 heterocycles. The Morgan fingerprint density at radius 3 is 2.71 bits per heavy atom. The molecule has 1 N–H and O–H groups in total. The number of benzene rings is 2. The first-order chi connectivity index (χ1) is 11.5. The van der Waals surface area contributed by atoms with Crippen molar-refractivity contribution in [3.05, 3.63) is 58.9 Å². The number of hydrogen-bond acceptors (Lipinski definition) is 3. The van der Waals surface area contributed by atoms with Gasteiger partial charge in [0.25, 0.3) is 0 Å². The highest BCUT2D eigenvalue weighted by molar-refractivity contribution is 6.30. The lowest BCUT2D eigenvalue weighted by Gasteiger charge is -2.18. The Kier molecular flexibility index (Phi) is 5.99. The Morgan fingerprint density at radius 1 is 1.33 bits per heavy atom. The summed E-state index contributed by atoms with van der Waals surface area (Å²) in [4.78, 5) is 13.5. The lowest BCUT2D eigenvalue weighted by Crippen LogP contribution is -2.34. The highest BCUT2D eigenvalue weighted by Gasteiger charge is 2.12. The summed E-state index contributed by atoms with van der Waals surface area (Å²) in [5.74, 6) is 0.118. The molecule has 0 bridgehead atoms. The molecule has 2 amide bonds. The fourth-order valence-electron chi connectivity index (χ4n) is 1.86. The maximum absolute atomic E-state index is 13.1. The molecule has 0 aromatic heterocycles. The van der Waals surface area contributed by atoms with E-state index in [1.54, 1.807) is 31.3 Å². The van der Waals surface area contributed by atoms with E-state index in [0.29, 0.717) is 23.9 Å². The van der Waals surface area contributed by atoms with E-state index in [1.807, 2.05) is 6.07 Å². The van der Waals surface area contributed by atoms with Gasteiger partial charge < -0.3 is 15.0 Å². The van der Waals surface area contributed by atoms with E-state index in [-0.39, 0.29) is 11.3 Å². The van der Waals surface area contributed by atoms with Crippen LogP contribution in [0.3, 0.4) is 0 Å². The predicted molar refractivity (Wildman–Crippen MR) is 89.7 cm³/mol. The van der Waals surface area contributed by atoms with Crippen molar-refractivity contribution in [3.63, 3.8) is 0 Å². The summed E-state index contributed by atoms with van der Waals surface area (Å²) < 4.78 is 18.6. The number of ether oxygens (including phenoxy) is 1. The van der Waals surface area contributed by atoms with Crippen LogP contribution < -0.4 is 10.1 Å². The maximum atomic E-state index is 13.1. The number of likely N-dealkylation sites (N-methyl/N-ethyl adjacent to an activating group) is 1. The van der Waals surface area contributed by atoms with Crippen molar-refractivity contribution < 1.29 is 13.9 Å². The molecule has 0 radical (unpaired) electrons. The topological polar surface area (TPSA) is 65.4 Å². The van der Waals surface area contributed by atoms with Crippen molar-refractivity contribution in [1.82, 2.24) is 4.90 Å². The zero-order valence-electron chi connectivity index (χ0n) is 12.9. The van der Waals surface area contributed by atoms with Gasteiger partial charge in [0.2, 0.25) is 0 Å². The lowest BCUT2D eigenvalue weighted by molar-refractivity contribution is 0.207. The zero-order valence-corrected chi connectivity index (χ0v) is 13.7. The van der Waals surface area contributed by atoms with Crippen molar-refractivity contribution in [2.24, 2.45) is 0 Å². The average Bonchev–Trinajstić information content (AvgIpc) is 2.58. The first-order valence-electron chi connectivity index (χ1n) is 7.09. The molecule has 0 aliphatic carbocycles. The van der Waals surface area contributed by atoms with Crippen LogP contribution in [0, 0.1) is 17.1 Å². The van der Waals surface area contributed by atoms with E-state index >= 15 is 0 Å². The van der Waals surface area contributed by atoms with Crippen LogP contribution in [-0.4, -0.2) is 31.1 Å². The molecule has 0 fully saturated rings. The summed E-state index contributed by atoms with van der Waals surface area (Å²) in [6.45, 7) is 0.623. The number of urea groups is 1. The van der Waals surface area contributed by atoms with E-state index in [9.17, 15) is 9.18 Å². The first kappa shape index (κ1) is 17.6. The van der Waals surface area contributed by atoms with Gasteiger partial charge in [0.05, 0.1) is 17.8 Å². The second-order valence-corrected chi connectivity index (χ2v) is 5.39. The maximum Gasteiger partial charge on any atom is 0.321 e. The number of nitriles is 1. The minimum absolute atomic E-state index is 0.0640. The normalized spacial score (nSPS) is 9.92. The van der Waals surface area contributed by atoms with E-state index in [4.69, 9.17) is 21.6 Å². The highest BCUT2D eigenvalue weighted by atomic mass is 35.5. The summed E-state index contributed by atoms with van der Waals surface area (Å²) in [5, 5.41) is 12.2. The van der Waals surface area contributed by atoms with E-state index in [2.05, 4.69) is 5.32 Å². The Morgan fingerprint density at radius 2 is 2.04 bits per heavy atom. The molecular formula is C17H15ClFN3O2. The van der Waals surface area contributed by atoms with Crippen LogP contribution >= 0.6 is 11.6 Å². The van der Waals surface area contributed by atoms with E-state index in [0.717, 1.165) is 6.07 Å². The Hall–Kier alpha value is -2.78. The molecule has 0 saturated heterocycles. The van der Waals surface area contributed by atoms with E-state index in [1.165, 1.54) is 17.0 Å². The second-order valence-electron chi connectivity index (χ2n) is 4.96. The number of halogens is 2. The third-order valence-corrected chi connectivity index (χ3v) is 3.45. The molecule has 124 valence electrons. The van der Waals surface area contributed by atoms with Gasteiger partial charge in [0, 0.05) is 12.1 Å². The average molecular weight is 348 g/mol. The fraction of sp³-hybridized carbons (Fsp3) is 0.176. The molecule has 0 aliphatic heterocycles. The number of hydrogen-bond donors (Lipinski definition) is 1. The molecule has 5 nitrogen and oxygen atoms in total. The number of anilines is 1. The number of rotatable bonds is 5. The van der Waals surface area contributed by atoms with Crippen molar-refractivity contribution >= 4 is 23.3 Å². The molecule has 0 saturated carbocycles. The molecule has 2 aromatic rings. The second kappa shape index (κ2) is 8.18. The smallest absolute Gasteiger partial charge is 0.321 e. The number of carbonyl (C=O) groups excluding carboxylic acids is 1. The quantitative estimate of drug-likeness (QED) is 0.892. The number of amides is 2. The molecular weight excluding hydrogens is 333 g/mol. The van der Waals surface area contributed by atoms with Gasteiger partial charge in [-0.15, -0.1) is 0 Å². The summed E-state index contributed by atoms with van der Waals surface area (Å²) in [7, 11) is 1.59. The summed E-state index contributed by atoms with van der Waals surface area (Å²) in [6.07, 6.45) is 0. The van der Waals surface area contributed by atoms with Crippen LogP contribution in [0.15, 0.2) is 42.5 Å². The largest absolute Gasteiger partial charge is 0.492 e. The SMILES string of the molecule is CN(CCOc1ccc(Cl)cc1)C(=O)Nc1ccc(F)cc1C#N. The predicted octanol–water partition coefficient (Wildman–Crippen LogP) is 3.89. The first-order valence-corrected chi connectivity index (χ1v) is 7.47. The molecule has 2 rings (SSSR count). The van der Waals surface area contributed by atoms with Gasteiger partial charge in [-0.1, -0.05) is 11.6 Å². The Balaban J connectivity index is 1.86. The minimum atomic E-state index is -0.533. The monoisotopic (exact) mass is 347 g/mol. The number of nitrogens with zero attached hydrogens (tertiary/aromatic N) is 2.